The average molecular weight is 224 g/mol. The number of nitrogens with zero attached hydrogens (tertiary/aromatic N) is 1. The number of hydrogen-bond donors (Lipinski definition) is 1. The lowest BCUT2D eigenvalue weighted by Gasteiger charge is -2.41. The van der Waals surface area contributed by atoms with E-state index < -0.39 is 0 Å². The minimum atomic E-state index is 0.470. The molecule has 1 aliphatic carbocycles. The third-order valence-corrected chi connectivity index (χ3v) is 4.65. The maximum atomic E-state index is 3.86. The summed E-state index contributed by atoms with van der Waals surface area (Å²) in [6.45, 7) is 8.52. The zero-order chi connectivity index (χ0) is 11.4. The Hall–Kier alpha value is -0.0800. The molecule has 94 valence electrons. The molecule has 1 spiro atoms. The second-order valence-corrected chi connectivity index (χ2v) is 5.85. The van der Waals surface area contributed by atoms with Crippen LogP contribution in [0, 0.1) is 0 Å². The Morgan fingerprint density at radius 3 is 2.62 bits per heavy atom. The van der Waals surface area contributed by atoms with E-state index in [2.05, 4.69) is 24.1 Å². The van der Waals surface area contributed by atoms with Crippen molar-refractivity contribution >= 4 is 0 Å². The lowest BCUT2D eigenvalue weighted by Crippen LogP contribution is -2.53. The van der Waals surface area contributed by atoms with Crippen LogP contribution in [0.5, 0.6) is 0 Å². The van der Waals surface area contributed by atoms with E-state index >= 15 is 0 Å². The van der Waals surface area contributed by atoms with Crippen LogP contribution in [0.1, 0.15) is 58.8 Å². The van der Waals surface area contributed by atoms with Crippen LogP contribution in [-0.4, -0.2) is 36.1 Å². The summed E-state index contributed by atoms with van der Waals surface area (Å²) >= 11 is 0. The summed E-state index contributed by atoms with van der Waals surface area (Å²) < 4.78 is 0. The molecular weight excluding hydrogens is 196 g/mol. The SMILES string of the molecule is CCC(C)N1CCCNC2(CCCCC2)C1. The molecule has 1 aliphatic heterocycles. The third kappa shape index (κ3) is 2.78. The molecule has 0 aromatic heterocycles. The minimum Gasteiger partial charge on any atom is -0.310 e. The molecule has 0 aromatic rings. The van der Waals surface area contributed by atoms with Crippen LogP contribution < -0.4 is 5.32 Å². The van der Waals surface area contributed by atoms with Gasteiger partial charge in [-0.3, -0.25) is 4.90 Å². The number of hydrogen-bond acceptors (Lipinski definition) is 2. The van der Waals surface area contributed by atoms with Gasteiger partial charge in [0.15, 0.2) is 0 Å². The van der Waals surface area contributed by atoms with Gasteiger partial charge in [0.05, 0.1) is 0 Å². The van der Waals surface area contributed by atoms with E-state index in [9.17, 15) is 0 Å². The predicted octanol–water partition coefficient (Wildman–Crippen LogP) is 2.78. The van der Waals surface area contributed by atoms with Crippen molar-refractivity contribution in [2.75, 3.05) is 19.6 Å². The Morgan fingerprint density at radius 2 is 1.94 bits per heavy atom. The van der Waals surface area contributed by atoms with Crippen molar-refractivity contribution in [2.24, 2.45) is 0 Å². The third-order valence-electron chi connectivity index (χ3n) is 4.65. The van der Waals surface area contributed by atoms with E-state index in [1.165, 1.54) is 64.6 Å². The fourth-order valence-electron chi connectivity index (χ4n) is 3.36. The molecule has 2 nitrogen and oxygen atoms in total. The Kier molecular flexibility index (Phi) is 4.26. The summed E-state index contributed by atoms with van der Waals surface area (Å²) in [5.41, 5.74) is 0.470. The van der Waals surface area contributed by atoms with Gasteiger partial charge >= 0.3 is 0 Å². The van der Waals surface area contributed by atoms with E-state index in [0.717, 1.165) is 6.04 Å². The van der Waals surface area contributed by atoms with Crippen LogP contribution in [0.25, 0.3) is 0 Å². The molecule has 16 heavy (non-hydrogen) atoms. The molecule has 1 saturated carbocycles. The summed E-state index contributed by atoms with van der Waals surface area (Å²) in [6.07, 6.45) is 9.73. The minimum absolute atomic E-state index is 0.470. The predicted molar refractivity (Wildman–Crippen MR) is 69.8 cm³/mol. The second kappa shape index (κ2) is 5.50. The quantitative estimate of drug-likeness (QED) is 0.776. The van der Waals surface area contributed by atoms with E-state index in [0.29, 0.717) is 5.54 Å². The smallest absolute Gasteiger partial charge is 0.0308 e. The summed E-state index contributed by atoms with van der Waals surface area (Å²) in [6, 6.07) is 0.763. The Labute approximate surface area is 101 Å². The Morgan fingerprint density at radius 1 is 1.19 bits per heavy atom. The summed E-state index contributed by atoms with van der Waals surface area (Å²) in [5.74, 6) is 0. The lowest BCUT2D eigenvalue weighted by atomic mass is 9.81. The highest BCUT2D eigenvalue weighted by atomic mass is 15.2. The number of nitrogens with one attached hydrogen (secondary N) is 1. The van der Waals surface area contributed by atoms with Crippen molar-refractivity contribution in [3.8, 4) is 0 Å². The fourth-order valence-corrected chi connectivity index (χ4v) is 3.36. The lowest BCUT2D eigenvalue weighted by molar-refractivity contribution is 0.132. The molecule has 2 heteroatoms. The first kappa shape index (κ1) is 12.4. The maximum Gasteiger partial charge on any atom is 0.0308 e. The van der Waals surface area contributed by atoms with E-state index in [1.54, 1.807) is 0 Å². The zero-order valence-corrected chi connectivity index (χ0v) is 11.1. The first-order chi connectivity index (χ1) is 7.76. The van der Waals surface area contributed by atoms with Crippen LogP contribution >= 0.6 is 0 Å². The molecule has 0 bridgehead atoms. The van der Waals surface area contributed by atoms with Crippen molar-refractivity contribution in [1.82, 2.24) is 10.2 Å². The summed E-state index contributed by atoms with van der Waals surface area (Å²) in [4.78, 5) is 2.73. The van der Waals surface area contributed by atoms with Gasteiger partial charge in [-0.25, -0.2) is 0 Å². The number of rotatable bonds is 2. The average Bonchev–Trinajstić information content (AvgIpc) is 2.52. The molecule has 0 aromatic carbocycles. The molecule has 2 fully saturated rings. The molecule has 1 N–H and O–H groups in total. The summed E-state index contributed by atoms with van der Waals surface area (Å²) in [5, 5.41) is 3.86. The van der Waals surface area contributed by atoms with E-state index in [-0.39, 0.29) is 0 Å². The van der Waals surface area contributed by atoms with Gasteiger partial charge < -0.3 is 5.32 Å². The van der Waals surface area contributed by atoms with Crippen molar-refractivity contribution in [1.29, 1.82) is 0 Å². The van der Waals surface area contributed by atoms with E-state index in [1.807, 2.05) is 0 Å². The Balaban J connectivity index is 2.01. The van der Waals surface area contributed by atoms with Gasteiger partial charge in [-0.2, -0.15) is 0 Å². The van der Waals surface area contributed by atoms with Gasteiger partial charge in [-0.05, 0) is 45.7 Å². The molecule has 1 atom stereocenters. The van der Waals surface area contributed by atoms with Crippen molar-refractivity contribution in [3.05, 3.63) is 0 Å². The Bertz CT molecular complexity index is 209. The molecule has 0 radical (unpaired) electrons. The highest BCUT2D eigenvalue weighted by Gasteiger charge is 2.35. The molecule has 1 unspecified atom stereocenters. The van der Waals surface area contributed by atoms with Crippen molar-refractivity contribution in [3.63, 3.8) is 0 Å². The van der Waals surface area contributed by atoms with Gasteiger partial charge in [0, 0.05) is 18.1 Å². The molecular formula is C14H28N2. The van der Waals surface area contributed by atoms with Crippen LogP contribution in [0.2, 0.25) is 0 Å². The van der Waals surface area contributed by atoms with Gasteiger partial charge in [-0.15, -0.1) is 0 Å². The van der Waals surface area contributed by atoms with Crippen LogP contribution in [0.3, 0.4) is 0 Å². The largest absolute Gasteiger partial charge is 0.310 e. The highest BCUT2D eigenvalue weighted by molar-refractivity contribution is 4.96. The molecule has 2 aliphatic rings. The van der Waals surface area contributed by atoms with Crippen LogP contribution in [0.15, 0.2) is 0 Å². The zero-order valence-electron chi connectivity index (χ0n) is 11.1. The van der Waals surface area contributed by atoms with Gasteiger partial charge in [0.1, 0.15) is 0 Å². The van der Waals surface area contributed by atoms with Crippen molar-refractivity contribution < 1.29 is 0 Å². The molecule has 1 saturated heterocycles. The first-order valence-electron chi connectivity index (χ1n) is 7.25. The van der Waals surface area contributed by atoms with Crippen LogP contribution in [0.4, 0.5) is 0 Å². The highest BCUT2D eigenvalue weighted by Crippen LogP contribution is 2.31. The topological polar surface area (TPSA) is 15.3 Å². The van der Waals surface area contributed by atoms with Gasteiger partial charge in [0.25, 0.3) is 0 Å². The fraction of sp³-hybridized carbons (Fsp3) is 1.00. The standard InChI is InChI=1S/C14H28N2/c1-3-13(2)16-11-7-10-15-14(12-16)8-5-4-6-9-14/h13,15H,3-12H2,1-2H3. The van der Waals surface area contributed by atoms with Gasteiger partial charge in [-0.1, -0.05) is 26.2 Å². The normalized spacial score (nSPS) is 28.9. The summed E-state index contributed by atoms with van der Waals surface area (Å²) in [7, 11) is 0. The molecule has 2 rings (SSSR count). The first-order valence-corrected chi connectivity index (χ1v) is 7.25. The van der Waals surface area contributed by atoms with E-state index in [4.69, 9.17) is 0 Å². The van der Waals surface area contributed by atoms with Gasteiger partial charge in [0.2, 0.25) is 0 Å². The second-order valence-electron chi connectivity index (χ2n) is 5.85. The molecule has 0 amide bonds. The van der Waals surface area contributed by atoms with Crippen LogP contribution in [-0.2, 0) is 0 Å². The molecule has 1 heterocycles. The monoisotopic (exact) mass is 224 g/mol. The van der Waals surface area contributed by atoms with Crippen molar-refractivity contribution in [2.45, 2.75) is 70.4 Å². The maximum absolute atomic E-state index is 3.86.